The Morgan fingerprint density at radius 2 is 1.84 bits per heavy atom. The molecule has 0 radical (unpaired) electrons. The van der Waals surface area contributed by atoms with Crippen molar-refractivity contribution in [1.82, 2.24) is 10.2 Å². The van der Waals surface area contributed by atoms with Gasteiger partial charge in [0.2, 0.25) is 5.91 Å². The highest BCUT2D eigenvalue weighted by molar-refractivity contribution is 5.78. The highest BCUT2D eigenvalue weighted by atomic mass is 16.2. The number of carbonyl (C=O) groups is 1. The van der Waals surface area contributed by atoms with Crippen LogP contribution in [-0.4, -0.2) is 42.0 Å². The van der Waals surface area contributed by atoms with Gasteiger partial charge in [-0.25, -0.2) is 0 Å². The van der Waals surface area contributed by atoms with Crippen molar-refractivity contribution in [2.45, 2.75) is 70.9 Å². The van der Waals surface area contributed by atoms with Crippen molar-refractivity contribution >= 4 is 5.91 Å². The molecule has 1 amide bonds. The smallest absolute Gasteiger partial charge is 0.234 e. The Kier molecular flexibility index (Phi) is 6.80. The van der Waals surface area contributed by atoms with Crippen LogP contribution in [0.4, 0.5) is 0 Å². The van der Waals surface area contributed by atoms with Crippen molar-refractivity contribution in [3.05, 3.63) is 0 Å². The van der Waals surface area contributed by atoms with Crippen molar-refractivity contribution in [2.24, 2.45) is 5.73 Å². The van der Waals surface area contributed by atoms with E-state index in [1.165, 1.54) is 25.7 Å². The molecule has 0 atom stereocenters. The molecule has 0 heterocycles. The molecule has 0 aromatic rings. The summed E-state index contributed by atoms with van der Waals surface area (Å²) >= 11 is 0. The van der Waals surface area contributed by atoms with Gasteiger partial charge in [-0.05, 0) is 33.2 Å². The molecule has 4 nitrogen and oxygen atoms in total. The number of amides is 1. The van der Waals surface area contributed by atoms with Gasteiger partial charge in [0.05, 0.1) is 6.54 Å². The molecule has 0 saturated heterocycles. The maximum atomic E-state index is 12.0. The second kappa shape index (κ2) is 7.85. The van der Waals surface area contributed by atoms with Gasteiger partial charge in [-0.3, -0.25) is 9.69 Å². The van der Waals surface area contributed by atoms with E-state index in [1.54, 1.807) is 0 Å². The monoisotopic (exact) mass is 269 g/mol. The molecule has 0 spiro atoms. The Balaban J connectivity index is 2.70. The lowest BCUT2D eigenvalue weighted by Gasteiger charge is -2.42. The van der Waals surface area contributed by atoms with E-state index in [1.807, 2.05) is 13.8 Å². The minimum atomic E-state index is 0.0412. The predicted octanol–water partition coefficient (Wildman–Crippen LogP) is 1.88. The lowest BCUT2D eigenvalue weighted by molar-refractivity contribution is -0.124. The first kappa shape index (κ1) is 16.4. The van der Waals surface area contributed by atoms with Crippen LogP contribution in [0.1, 0.15) is 59.3 Å². The van der Waals surface area contributed by atoms with Crippen molar-refractivity contribution in [3.8, 4) is 0 Å². The second-order valence-corrected chi connectivity index (χ2v) is 6.08. The first-order chi connectivity index (χ1) is 9.04. The first-order valence-corrected chi connectivity index (χ1v) is 7.78. The molecular weight excluding hydrogens is 238 g/mol. The fraction of sp³-hybridized carbons (Fsp3) is 0.933. The van der Waals surface area contributed by atoms with Gasteiger partial charge in [0.15, 0.2) is 0 Å². The number of nitrogens with zero attached hydrogens (tertiary/aromatic N) is 1. The third-order valence-electron chi connectivity index (χ3n) is 4.25. The number of carbonyl (C=O) groups excluding carboxylic acids is 1. The number of nitrogens with two attached hydrogens (primary N) is 1. The SMILES string of the molecule is CCN(CC(=O)NC(C)C)C1(CN)CCCCCC1. The van der Waals surface area contributed by atoms with Crippen LogP contribution in [-0.2, 0) is 4.79 Å². The maximum absolute atomic E-state index is 12.0. The molecule has 0 aromatic heterocycles. The molecule has 3 N–H and O–H groups in total. The molecule has 19 heavy (non-hydrogen) atoms. The Hall–Kier alpha value is -0.610. The van der Waals surface area contributed by atoms with Crippen molar-refractivity contribution in [3.63, 3.8) is 0 Å². The molecular formula is C15H31N3O. The summed E-state index contributed by atoms with van der Waals surface area (Å²) in [4.78, 5) is 14.3. The fourth-order valence-corrected chi connectivity index (χ4v) is 3.19. The molecule has 0 bridgehead atoms. The average Bonchev–Trinajstić information content (AvgIpc) is 2.61. The van der Waals surface area contributed by atoms with Crippen LogP contribution in [0.25, 0.3) is 0 Å². The van der Waals surface area contributed by atoms with Gasteiger partial charge >= 0.3 is 0 Å². The molecule has 1 aliphatic carbocycles. The Morgan fingerprint density at radius 1 is 1.26 bits per heavy atom. The minimum absolute atomic E-state index is 0.0412. The van der Waals surface area contributed by atoms with Gasteiger partial charge in [0, 0.05) is 18.1 Å². The average molecular weight is 269 g/mol. The molecule has 112 valence electrons. The van der Waals surface area contributed by atoms with Crippen LogP contribution < -0.4 is 11.1 Å². The summed E-state index contributed by atoms with van der Waals surface area (Å²) in [5.74, 6) is 0.119. The topological polar surface area (TPSA) is 58.4 Å². The largest absolute Gasteiger partial charge is 0.353 e. The van der Waals surface area contributed by atoms with E-state index in [0.29, 0.717) is 13.1 Å². The van der Waals surface area contributed by atoms with E-state index in [2.05, 4.69) is 17.1 Å². The van der Waals surface area contributed by atoms with E-state index >= 15 is 0 Å². The van der Waals surface area contributed by atoms with Crippen LogP contribution in [0.5, 0.6) is 0 Å². The van der Waals surface area contributed by atoms with Crippen molar-refractivity contribution in [1.29, 1.82) is 0 Å². The van der Waals surface area contributed by atoms with Crippen LogP contribution in [0.2, 0.25) is 0 Å². The summed E-state index contributed by atoms with van der Waals surface area (Å²) in [6, 6.07) is 0.203. The summed E-state index contributed by atoms with van der Waals surface area (Å²) < 4.78 is 0. The third-order valence-corrected chi connectivity index (χ3v) is 4.25. The second-order valence-electron chi connectivity index (χ2n) is 6.08. The van der Waals surface area contributed by atoms with Gasteiger partial charge in [-0.15, -0.1) is 0 Å². The zero-order valence-corrected chi connectivity index (χ0v) is 12.9. The van der Waals surface area contributed by atoms with E-state index in [0.717, 1.165) is 19.4 Å². The van der Waals surface area contributed by atoms with Crippen LogP contribution >= 0.6 is 0 Å². The summed E-state index contributed by atoms with van der Waals surface area (Å²) in [5, 5.41) is 2.98. The molecule has 1 rings (SSSR count). The molecule has 0 aromatic carbocycles. The van der Waals surface area contributed by atoms with Crippen molar-refractivity contribution in [2.75, 3.05) is 19.6 Å². The van der Waals surface area contributed by atoms with E-state index in [9.17, 15) is 4.79 Å². The normalized spacial score (nSPS) is 19.5. The van der Waals surface area contributed by atoms with Crippen LogP contribution in [0.15, 0.2) is 0 Å². The summed E-state index contributed by atoms with van der Waals surface area (Å²) in [5.41, 5.74) is 6.13. The number of hydrogen-bond acceptors (Lipinski definition) is 3. The van der Waals surface area contributed by atoms with E-state index in [4.69, 9.17) is 5.73 Å². The quantitative estimate of drug-likeness (QED) is 0.724. The Morgan fingerprint density at radius 3 is 2.26 bits per heavy atom. The van der Waals surface area contributed by atoms with Crippen LogP contribution in [0, 0.1) is 0 Å². The number of rotatable bonds is 6. The molecule has 1 fully saturated rings. The third kappa shape index (κ3) is 4.77. The Bertz CT molecular complexity index is 271. The van der Waals surface area contributed by atoms with Gasteiger partial charge in [0.1, 0.15) is 0 Å². The van der Waals surface area contributed by atoms with Gasteiger partial charge in [-0.1, -0.05) is 32.6 Å². The van der Waals surface area contributed by atoms with E-state index in [-0.39, 0.29) is 17.5 Å². The van der Waals surface area contributed by atoms with Gasteiger partial charge in [0.25, 0.3) is 0 Å². The number of hydrogen-bond donors (Lipinski definition) is 2. The summed E-state index contributed by atoms with van der Waals surface area (Å²) in [6.45, 7) is 8.16. The summed E-state index contributed by atoms with van der Waals surface area (Å²) in [6.07, 6.45) is 7.34. The Labute approximate surface area is 118 Å². The highest BCUT2D eigenvalue weighted by Gasteiger charge is 2.35. The van der Waals surface area contributed by atoms with Crippen LogP contribution in [0.3, 0.4) is 0 Å². The molecule has 4 heteroatoms. The van der Waals surface area contributed by atoms with E-state index < -0.39 is 0 Å². The minimum Gasteiger partial charge on any atom is -0.353 e. The van der Waals surface area contributed by atoms with Gasteiger partial charge < -0.3 is 11.1 Å². The molecule has 1 saturated carbocycles. The van der Waals surface area contributed by atoms with Crippen molar-refractivity contribution < 1.29 is 4.79 Å². The maximum Gasteiger partial charge on any atom is 0.234 e. The lowest BCUT2D eigenvalue weighted by Crippen LogP contribution is -2.56. The summed E-state index contributed by atoms with van der Waals surface area (Å²) in [7, 11) is 0. The molecule has 1 aliphatic rings. The highest BCUT2D eigenvalue weighted by Crippen LogP contribution is 2.31. The number of nitrogens with one attached hydrogen (secondary N) is 1. The predicted molar refractivity (Wildman–Crippen MR) is 80.0 cm³/mol. The standard InChI is InChI=1S/C15H31N3O/c1-4-18(11-14(19)17-13(2)3)15(12-16)9-7-5-6-8-10-15/h13H,4-12,16H2,1-3H3,(H,17,19). The molecule has 0 aliphatic heterocycles. The first-order valence-electron chi connectivity index (χ1n) is 7.78. The zero-order valence-electron chi connectivity index (χ0n) is 12.9. The zero-order chi connectivity index (χ0) is 14.3. The molecule has 0 unspecified atom stereocenters. The number of likely N-dealkylation sites (N-methyl/N-ethyl adjacent to an activating group) is 1. The fourth-order valence-electron chi connectivity index (χ4n) is 3.19. The lowest BCUT2D eigenvalue weighted by atomic mass is 9.88. The van der Waals surface area contributed by atoms with Gasteiger partial charge in [-0.2, -0.15) is 0 Å².